The number of carbonyl (C=O) groups excluding carboxylic acids is 1. The Balaban J connectivity index is 1.99. The summed E-state index contributed by atoms with van der Waals surface area (Å²) in [6.07, 6.45) is 1.74. The number of nitrogens with zero attached hydrogens (tertiary/aromatic N) is 1. The second-order valence-corrected chi connectivity index (χ2v) is 5.67. The van der Waals surface area contributed by atoms with Crippen LogP contribution in [0.15, 0.2) is 0 Å². The quantitative estimate of drug-likeness (QED) is 0.775. The van der Waals surface area contributed by atoms with Crippen LogP contribution in [-0.2, 0) is 14.3 Å². The second-order valence-electron chi connectivity index (χ2n) is 5.67. The van der Waals surface area contributed by atoms with Crippen LogP contribution in [0, 0.1) is 5.92 Å². The summed E-state index contributed by atoms with van der Waals surface area (Å²) in [4.78, 5) is 14.2. The van der Waals surface area contributed by atoms with Crippen LogP contribution in [0.25, 0.3) is 0 Å². The van der Waals surface area contributed by atoms with E-state index < -0.39 is 6.04 Å². The van der Waals surface area contributed by atoms with Gasteiger partial charge in [0.1, 0.15) is 0 Å². The van der Waals surface area contributed by atoms with Gasteiger partial charge in [-0.15, -0.1) is 0 Å². The van der Waals surface area contributed by atoms with Crippen molar-refractivity contribution in [3.63, 3.8) is 0 Å². The number of ether oxygens (including phenoxy) is 2. The molecule has 2 fully saturated rings. The summed E-state index contributed by atoms with van der Waals surface area (Å²) in [5.41, 5.74) is 5.76. The highest BCUT2D eigenvalue weighted by molar-refractivity contribution is 5.82. The molecular weight excluding hydrogens is 232 g/mol. The SMILES string of the molecule is CC(C)[C@H](N)C(=O)N1CCOC2(CCOCC2)C1. The molecular formula is C13H24N2O3. The zero-order chi connectivity index (χ0) is 13.2. The Bertz CT molecular complexity index is 295. The van der Waals surface area contributed by atoms with Crippen molar-refractivity contribution < 1.29 is 14.3 Å². The van der Waals surface area contributed by atoms with Gasteiger partial charge in [0, 0.05) is 39.1 Å². The van der Waals surface area contributed by atoms with Gasteiger partial charge in [0.25, 0.3) is 0 Å². The van der Waals surface area contributed by atoms with Crippen molar-refractivity contribution in [2.45, 2.75) is 38.3 Å². The second kappa shape index (κ2) is 5.55. The van der Waals surface area contributed by atoms with Gasteiger partial charge in [-0.1, -0.05) is 13.8 Å². The number of amides is 1. The maximum absolute atomic E-state index is 12.3. The van der Waals surface area contributed by atoms with Gasteiger partial charge in [0.05, 0.1) is 18.2 Å². The molecule has 5 heteroatoms. The number of nitrogens with two attached hydrogens (primary N) is 1. The summed E-state index contributed by atoms with van der Waals surface area (Å²) in [5, 5.41) is 0. The molecule has 2 N–H and O–H groups in total. The topological polar surface area (TPSA) is 64.8 Å². The molecule has 1 atom stereocenters. The minimum absolute atomic E-state index is 0.0548. The van der Waals surface area contributed by atoms with E-state index in [4.69, 9.17) is 15.2 Å². The number of hydrogen-bond donors (Lipinski definition) is 1. The van der Waals surface area contributed by atoms with Gasteiger partial charge in [-0.25, -0.2) is 0 Å². The third-order valence-corrected chi connectivity index (χ3v) is 3.97. The normalized spacial score (nSPS) is 25.4. The van der Waals surface area contributed by atoms with Gasteiger partial charge in [-0.3, -0.25) is 4.79 Å². The summed E-state index contributed by atoms with van der Waals surface area (Å²) in [6, 6.07) is -0.403. The largest absolute Gasteiger partial charge is 0.381 e. The molecule has 18 heavy (non-hydrogen) atoms. The summed E-state index contributed by atoms with van der Waals surface area (Å²) >= 11 is 0. The van der Waals surface area contributed by atoms with Crippen LogP contribution in [-0.4, -0.2) is 55.4 Å². The van der Waals surface area contributed by atoms with Crippen molar-refractivity contribution in [2.24, 2.45) is 11.7 Å². The molecule has 1 amide bonds. The highest BCUT2D eigenvalue weighted by atomic mass is 16.5. The van der Waals surface area contributed by atoms with Crippen molar-refractivity contribution in [3.05, 3.63) is 0 Å². The van der Waals surface area contributed by atoms with Gasteiger partial charge in [0.2, 0.25) is 5.91 Å². The first-order valence-electron chi connectivity index (χ1n) is 6.80. The molecule has 2 aliphatic rings. The summed E-state index contributed by atoms with van der Waals surface area (Å²) in [5.74, 6) is 0.227. The molecule has 2 saturated heterocycles. The maximum Gasteiger partial charge on any atom is 0.239 e. The highest BCUT2D eigenvalue weighted by Gasteiger charge is 2.40. The fraction of sp³-hybridized carbons (Fsp3) is 0.923. The molecule has 2 aliphatic heterocycles. The molecule has 0 bridgehead atoms. The third kappa shape index (κ3) is 2.84. The molecule has 0 aromatic heterocycles. The van der Waals surface area contributed by atoms with E-state index in [-0.39, 0.29) is 17.4 Å². The molecule has 0 aliphatic carbocycles. The van der Waals surface area contributed by atoms with Gasteiger partial charge < -0.3 is 20.1 Å². The van der Waals surface area contributed by atoms with Gasteiger partial charge in [-0.05, 0) is 5.92 Å². The first kappa shape index (κ1) is 13.8. The standard InChI is InChI=1S/C13H24N2O3/c1-10(2)11(14)12(16)15-5-8-18-13(9-15)3-6-17-7-4-13/h10-11H,3-9,14H2,1-2H3/t11-/m0/s1. The fourth-order valence-electron chi connectivity index (χ4n) is 2.57. The number of hydrogen-bond acceptors (Lipinski definition) is 4. The molecule has 0 aromatic carbocycles. The Kier molecular flexibility index (Phi) is 4.25. The molecule has 0 saturated carbocycles. The van der Waals surface area contributed by atoms with Crippen molar-refractivity contribution in [1.29, 1.82) is 0 Å². The van der Waals surface area contributed by atoms with Crippen molar-refractivity contribution in [2.75, 3.05) is 32.9 Å². The molecule has 0 radical (unpaired) electrons. The summed E-state index contributed by atoms with van der Waals surface area (Å²) in [7, 11) is 0. The lowest BCUT2D eigenvalue weighted by Gasteiger charge is -2.45. The lowest BCUT2D eigenvalue weighted by atomic mass is 9.91. The maximum atomic E-state index is 12.3. The zero-order valence-electron chi connectivity index (χ0n) is 11.4. The minimum Gasteiger partial charge on any atom is -0.381 e. The molecule has 104 valence electrons. The Labute approximate surface area is 109 Å². The van der Waals surface area contributed by atoms with Crippen LogP contribution in [0.5, 0.6) is 0 Å². The molecule has 1 spiro atoms. The van der Waals surface area contributed by atoms with Gasteiger partial charge in [-0.2, -0.15) is 0 Å². The van der Waals surface area contributed by atoms with E-state index in [1.807, 2.05) is 18.7 Å². The van der Waals surface area contributed by atoms with E-state index in [0.29, 0.717) is 19.7 Å². The van der Waals surface area contributed by atoms with E-state index in [0.717, 1.165) is 26.1 Å². The predicted molar refractivity (Wildman–Crippen MR) is 68.1 cm³/mol. The Hall–Kier alpha value is -0.650. The van der Waals surface area contributed by atoms with Crippen LogP contribution < -0.4 is 5.73 Å². The predicted octanol–water partition coefficient (Wildman–Crippen LogP) is 0.378. The number of rotatable bonds is 2. The van der Waals surface area contributed by atoms with Crippen LogP contribution in [0.2, 0.25) is 0 Å². The zero-order valence-corrected chi connectivity index (χ0v) is 11.4. The molecule has 5 nitrogen and oxygen atoms in total. The monoisotopic (exact) mass is 256 g/mol. The molecule has 0 unspecified atom stereocenters. The molecule has 2 heterocycles. The van der Waals surface area contributed by atoms with Gasteiger partial charge >= 0.3 is 0 Å². The average molecular weight is 256 g/mol. The van der Waals surface area contributed by atoms with E-state index in [9.17, 15) is 4.79 Å². The Morgan fingerprint density at radius 3 is 2.56 bits per heavy atom. The van der Waals surface area contributed by atoms with Gasteiger partial charge in [0.15, 0.2) is 0 Å². The molecule has 2 rings (SSSR count). The van der Waals surface area contributed by atoms with Crippen molar-refractivity contribution >= 4 is 5.91 Å². The first-order valence-corrected chi connectivity index (χ1v) is 6.80. The lowest BCUT2D eigenvalue weighted by molar-refractivity contribution is -0.169. The van der Waals surface area contributed by atoms with Crippen molar-refractivity contribution in [1.82, 2.24) is 4.90 Å². The smallest absolute Gasteiger partial charge is 0.239 e. The van der Waals surface area contributed by atoms with E-state index in [1.165, 1.54) is 0 Å². The fourth-order valence-corrected chi connectivity index (χ4v) is 2.57. The number of morpholine rings is 1. The van der Waals surface area contributed by atoms with E-state index >= 15 is 0 Å². The van der Waals surface area contributed by atoms with Crippen LogP contribution >= 0.6 is 0 Å². The first-order chi connectivity index (χ1) is 8.54. The highest BCUT2D eigenvalue weighted by Crippen LogP contribution is 2.29. The van der Waals surface area contributed by atoms with Crippen LogP contribution in [0.4, 0.5) is 0 Å². The lowest BCUT2D eigenvalue weighted by Crippen LogP contribution is -2.59. The molecule has 0 aromatic rings. The Morgan fingerprint density at radius 1 is 1.28 bits per heavy atom. The van der Waals surface area contributed by atoms with E-state index in [1.54, 1.807) is 0 Å². The van der Waals surface area contributed by atoms with Crippen molar-refractivity contribution in [3.8, 4) is 0 Å². The average Bonchev–Trinajstić information content (AvgIpc) is 2.38. The van der Waals surface area contributed by atoms with Crippen LogP contribution in [0.1, 0.15) is 26.7 Å². The summed E-state index contributed by atoms with van der Waals surface area (Å²) in [6.45, 7) is 7.32. The Morgan fingerprint density at radius 2 is 1.94 bits per heavy atom. The minimum atomic E-state index is -0.403. The number of carbonyl (C=O) groups is 1. The summed E-state index contributed by atoms with van der Waals surface area (Å²) < 4.78 is 11.3. The van der Waals surface area contributed by atoms with Crippen LogP contribution in [0.3, 0.4) is 0 Å². The van der Waals surface area contributed by atoms with E-state index in [2.05, 4.69) is 0 Å². The third-order valence-electron chi connectivity index (χ3n) is 3.97.